The molecule has 0 aliphatic heterocycles. The molecule has 0 radical (unpaired) electrons. The second-order valence-electron chi connectivity index (χ2n) is 19.9. The Kier molecular flexibility index (Phi) is 12.4. The minimum Gasteiger partial charge on any atom is -0.0905 e. The molecule has 0 unspecified atom stereocenters. The molecular formula is C64H62. The van der Waals surface area contributed by atoms with E-state index in [2.05, 4.69) is 237 Å². The van der Waals surface area contributed by atoms with Crippen molar-refractivity contribution < 1.29 is 0 Å². The molecule has 8 aromatic carbocycles. The van der Waals surface area contributed by atoms with Crippen LogP contribution >= 0.6 is 0 Å². The van der Waals surface area contributed by atoms with Crippen LogP contribution in [-0.4, -0.2) is 0 Å². The first-order valence-electron chi connectivity index (χ1n) is 22.8. The van der Waals surface area contributed by atoms with Crippen molar-refractivity contribution in [2.45, 2.75) is 73.6 Å². The van der Waals surface area contributed by atoms with Gasteiger partial charge in [0.25, 0.3) is 0 Å². The Labute approximate surface area is 383 Å². The van der Waals surface area contributed by atoms with E-state index < -0.39 is 0 Å². The number of rotatable bonds is 11. The normalized spacial score (nSPS) is 11.7. The van der Waals surface area contributed by atoms with E-state index in [1.54, 1.807) is 0 Å². The van der Waals surface area contributed by atoms with Gasteiger partial charge in [0.15, 0.2) is 0 Å². The summed E-state index contributed by atoms with van der Waals surface area (Å²) in [5.41, 5.74) is 23.4. The SMILES string of the molecule is C=C(c1ccc(C(C)(C)C)cc1)c1c(C(=C)c2ccc(Cc3ccc(CC(C)(C)C)cc3)cc2)c(-c2ccc(C)cc2)c(-c2ccc(C)cc2)c(-c2ccccc2)c1-c1ccccc1. The fraction of sp³-hybridized carbons (Fsp3) is 0.188. The van der Waals surface area contributed by atoms with Gasteiger partial charge in [-0.05, 0) is 138 Å². The van der Waals surface area contributed by atoms with Gasteiger partial charge >= 0.3 is 0 Å². The number of benzene rings is 8. The summed E-state index contributed by atoms with van der Waals surface area (Å²) in [6, 6.07) is 67.3. The summed E-state index contributed by atoms with van der Waals surface area (Å²) < 4.78 is 0. The van der Waals surface area contributed by atoms with Crippen molar-refractivity contribution in [2.24, 2.45) is 5.41 Å². The number of aryl methyl sites for hydroxylation is 2. The summed E-state index contributed by atoms with van der Waals surface area (Å²) in [6.45, 7) is 28.2. The molecule has 0 atom stereocenters. The topological polar surface area (TPSA) is 0 Å². The lowest BCUT2D eigenvalue weighted by molar-refractivity contribution is 0.411. The fourth-order valence-corrected chi connectivity index (χ4v) is 9.07. The quantitative estimate of drug-likeness (QED) is 0.122. The molecule has 318 valence electrons. The molecule has 0 amide bonds. The van der Waals surface area contributed by atoms with Crippen LogP contribution in [0.4, 0.5) is 0 Å². The Balaban J connectivity index is 1.43. The third kappa shape index (κ3) is 9.58. The van der Waals surface area contributed by atoms with Gasteiger partial charge in [0.2, 0.25) is 0 Å². The molecule has 64 heavy (non-hydrogen) atoms. The van der Waals surface area contributed by atoms with E-state index >= 15 is 0 Å². The average Bonchev–Trinajstić information content (AvgIpc) is 3.29. The van der Waals surface area contributed by atoms with E-state index in [0.717, 1.165) is 79.6 Å². The molecule has 0 saturated heterocycles. The van der Waals surface area contributed by atoms with Gasteiger partial charge in [-0.1, -0.05) is 248 Å². The highest BCUT2D eigenvalue weighted by atomic mass is 14.3. The Morgan fingerprint density at radius 2 is 0.719 bits per heavy atom. The molecule has 0 spiro atoms. The van der Waals surface area contributed by atoms with Gasteiger partial charge in [0.1, 0.15) is 0 Å². The van der Waals surface area contributed by atoms with Crippen LogP contribution in [0.3, 0.4) is 0 Å². The van der Waals surface area contributed by atoms with E-state index in [-0.39, 0.29) is 10.8 Å². The molecule has 0 aliphatic rings. The van der Waals surface area contributed by atoms with Crippen LogP contribution in [0.15, 0.2) is 195 Å². The van der Waals surface area contributed by atoms with Crippen molar-refractivity contribution in [2.75, 3.05) is 0 Å². The second-order valence-corrected chi connectivity index (χ2v) is 19.9. The standard InChI is InChI=1S/C64H62/c1-43-21-31-54(32-22-43)60-58(45(3)50-35-29-48(30-36-50)41-47-25-27-49(28-26-47)42-63(5,6)7)57(46(4)51-37-39-56(40-38-51)64(8,9)10)59(52-17-13-11-14-18-52)61(53-19-15-12-16-20-53)62(60)55-33-23-44(2)24-34-55/h11-40H,3-4,41-42H2,1-2,5-10H3. The van der Waals surface area contributed by atoms with Crippen LogP contribution in [0.2, 0.25) is 0 Å². The first-order valence-corrected chi connectivity index (χ1v) is 22.8. The highest BCUT2D eigenvalue weighted by Gasteiger charge is 2.30. The van der Waals surface area contributed by atoms with Crippen LogP contribution in [0.1, 0.15) is 97.2 Å². The fourth-order valence-electron chi connectivity index (χ4n) is 9.07. The molecule has 0 saturated carbocycles. The number of hydrogen-bond donors (Lipinski definition) is 0. The summed E-state index contributed by atoms with van der Waals surface area (Å²) in [6.07, 6.45) is 1.93. The molecule has 8 aromatic rings. The van der Waals surface area contributed by atoms with Gasteiger partial charge in [-0.3, -0.25) is 0 Å². The van der Waals surface area contributed by atoms with Gasteiger partial charge < -0.3 is 0 Å². The van der Waals surface area contributed by atoms with Crippen molar-refractivity contribution in [1.29, 1.82) is 0 Å². The highest BCUT2D eigenvalue weighted by Crippen LogP contribution is 2.54. The minimum absolute atomic E-state index is 0.0190. The maximum Gasteiger partial charge on any atom is -0.00138 e. The highest BCUT2D eigenvalue weighted by molar-refractivity contribution is 6.13. The van der Waals surface area contributed by atoms with Gasteiger partial charge in [-0.15, -0.1) is 0 Å². The second kappa shape index (κ2) is 18.1. The third-order valence-corrected chi connectivity index (χ3v) is 12.5. The van der Waals surface area contributed by atoms with E-state index in [0.29, 0.717) is 0 Å². The zero-order chi connectivity index (χ0) is 45.2. The zero-order valence-corrected chi connectivity index (χ0v) is 39.1. The molecule has 0 aromatic heterocycles. The van der Waals surface area contributed by atoms with Gasteiger partial charge in [0.05, 0.1) is 0 Å². The van der Waals surface area contributed by atoms with Crippen LogP contribution < -0.4 is 0 Å². The summed E-state index contributed by atoms with van der Waals surface area (Å²) >= 11 is 0. The predicted molar refractivity (Wildman–Crippen MR) is 278 cm³/mol. The van der Waals surface area contributed by atoms with Crippen LogP contribution in [0.25, 0.3) is 55.7 Å². The van der Waals surface area contributed by atoms with E-state index in [1.165, 1.54) is 44.5 Å². The lowest BCUT2D eigenvalue weighted by Gasteiger charge is -2.30. The summed E-state index contributed by atoms with van der Waals surface area (Å²) in [4.78, 5) is 0. The van der Waals surface area contributed by atoms with Crippen molar-refractivity contribution in [3.8, 4) is 44.5 Å². The Bertz CT molecular complexity index is 2890. The van der Waals surface area contributed by atoms with Crippen LogP contribution in [0, 0.1) is 19.3 Å². The molecule has 0 fully saturated rings. The third-order valence-electron chi connectivity index (χ3n) is 12.5. The summed E-state index contributed by atoms with van der Waals surface area (Å²) in [5, 5.41) is 0. The largest absolute Gasteiger partial charge is 0.0905 e. The van der Waals surface area contributed by atoms with Gasteiger partial charge in [0, 0.05) is 0 Å². The lowest BCUT2D eigenvalue weighted by Crippen LogP contribution is -2.11. The molecule has 0 nitrogen and oxygen atoms in total. The van der Waals surface area contributed by atoms with Crippen molar-refractivity contribution in [3.63, 3.8) is 0 Å². The van der Waals surface area contributed by atoms with Gasteiger partial charge in [-0.25, -0.2) is 0 Å². The van der Waals surface area contributed by atoms with Gasteiger partial charge in [-0.2, -0.15) is 0 Å². The molecule has 8 rings (SSSR count). The molecular weight excluding hydrogens is 769 g/mol. The predicted octanol–water partition coefficient (Wildman–Crippen LogP) is 17.6. The van der Waals surface area contributed by atoms with Crippen molar-refractivity contribution >= 4 is 11.1 Å². The van der Waals surface area contributed by atoms with E-state index in [1.807, 2.05) is 0 Å². The average molecular weight is 831 g/mol. The minimum atomic E-state index is 0.0190. The smallest absolute Gasteiger partial charge is 0.00138 e. The molecule has 0 N–H and O–H groups in total. The van der Waals surface area contributed by atoms with Crippen LogP contribution in [0.5, 0.6) is 0 Å². The first kappa shape index (κ1) is 43.9. The maximum absolute atomic E-state index is 5.08. The zero-order valence-electron chi connectivity index (χ0n) is 39.1. The lowest BCUT2D eigenvalue weighted by atomic mass is 9.72. The van der Waals surface area contributed by atoms with Crippen molar-refractivity contribution in [1.82, 2.24) is 0 Å². The maximum atomic E-state index is 5.08. The molecule has 0 heterocycles. The van der Waals surface area contributed by atoms with E-state index in [9.17, 15) is 0 Å². The van der Waals surface area contributed by atoms with Crippen LogP contribution in [-0.2, 0) is 18.3 Å². The summed E-state index contributed by atoms with van der Waals surface area (Å²) in [5.74, 6) is 0. The first-order chi connectivity index (χ1) is 30.6. The monoisotopic (exact) mass is 830 g/mol. The van der Waals surface area contributed by atoms with E-state index in [4.69, 9.17) is 13.2 Å². The summed E-state index contributed by atoms with van der Waals surface area (Å²) in [7, 11) is 0. The van der Waals surface area contributed by atoms with Crippen molar-refractivity contribution in [3.05, 3.63) is 251 Å². The molecule has 0 heteroatoms. The molecule has 0 aliphatic carbocycles. The Hall–Kier alpha value is -6.76. The Morgan fingerprint density at radius 3 is 1.12 bits per heavy atom. The molecule has 0 bridgehead atoms. The number of hydrogen-bond acceptors (Lipinski definition) is 0. The Morgan fingerprint density at radius 1 is 0.375 bits per heavy atom.